The number of carbonyl (C=O) groups excluding carboxylic acids is 3. The number of aryl methyl sites for hydroxylation is 2. The van der Waals surface area contributed by atoms with Gasteiger partial charge in [-0.3, -0.25) is 24.7 Å². The average Bonchev–Trinajstić information content (AvgIpc) is 3.24. The number of pyridine rings is 1. The van der Waals surface area contributed by atoms with Crippen LogP contribution in [0.1, 0.15) is 37.1 Å². The van der Waals surface area contributed by atoms with Crippen LogP contribution in [-0.2, 0) is 38.4 Å². The molecule has 5 heterocycles. The lowest BCUT2D eigenvalue weighted by atomic mass is 9.63. The van der Waals surface area contributed by atoms with E-state index in [1.54, 1.807) is 30.3 Å². The van der Waals surface area contributed by atoms with E-state index in [0.717, 1.165) is 5.56 Å². The Bertz CT molecular complexity index is 1380. The molecule has 3 aliphatic heterocycles. The molecule has 10 heteroatoms. The number of hydrogen-bond acceptors (Lipinski definition) is 8. The first-order valence-corrected chi connectivity index (χ1v) is 12.1. The van der Waals surface area contributed by atoms with E-state index in [4.69, 9.17) is 9.26 Å². The Morgan fingerprint density at radius 2 is 2.08 bits per heavy atom. The molecular weight excluding hydrogens is 467 g/mol. The first-order valence-electron chi connectivity index (χ1n) is 12.1. The summed E-state index contributed by atoms with van der Waals surface area (Å²) >= 11 is 0. The van der Waals surface area contributed by atoms with Gasteiger partial charge in [0.25, 0.3) is 0 Å². The highest BCUT2D eigenvalue weighted by molar-refractivity contribution is 6.22. The molecule has 2 saturated heterocycles. The van der Waals surface area contributed by atoms with Crippen molar-refractivity contribution in [1.29, 1.82) is 0 Å². The Balaban J connectivity index is 1.49. The topological polar surface area (TPSA) is 115 Å². The van der Waals surface area contributed by atoms with Gasteiger partial charge in [-0.15, -0.1) is 0 Å². The fraction of sp³-hybridized carbons (Fsp3) is 0.423. The smallest absolute Gasteiger partial charge is 0.242 e. The number of hydrogen-bond donors (Lipinski definition) is 1. The zero-order valence-corrected chi connectivity index (χ0v) is 19.9. The van der Waals surface area contributed by atoms with E-state index in [-0.39, 0.29) is 24.7 Å². The maximum atomic E-state index is 16.1. The Labute approximate surface area is 206 Å². The van der Waals surface area contributed by atoms with Crippen molar-refractivity contribution in [3.63, 3.8) is 0 Å². The van der Waals surface area contributed by atoms with E-state index >= 15 is 4.39 Å². The molecule has 2 amide bonds. The van der Waals surface area contributed by atoms with E-state index in [1.807, 2.05) is 19.1 Å². The van der Waals surface area contributed by atoms with Crippen molar-refractivity contribution in [3.05, 3.63) is 53.2 Å². The monoisotopic (exact) mass is 492 g/mol. The predicted molar refractivity (Wildman–Crippen MR) is 126 cm³/mol. The maximum Gasteiger partial charge on any atom is 0.242 e. The van der Waals surface area contributed by atoms with Gasteiger partial charge in [-0.1, -0.05) is 11.2 Å². The molecule has 1 unspecified atom stereocenters. The van der Waals surface area contributed by atoms with Gasteiger partial charge < -0.3 is 14.2 Å². The number of benzene rings is 1. The maximum absolute atomic E-state index is 16.1. The number of carbonyl (C=O) groups is 3. The Kier molecular flexibility index (Phi) is 5.18. The summed E-state index contributed by atoms with van der Waals surface area (Å²) in [6, 6.07) is 4.82. The van der Waals surface area contributed by atoms with Gasteiger partial charge in [-0.2, -0.15) is 0 Å². The minimum atomic E-state index is -1.56. The highest BCUT2D eigenvalue weighted by atomic mass is 19.1. The molecule has 0 saturated carbocycles. The molecule has 2 fully saturated rings. The van der Waals surface area contributed by atoms with Crippen LogP contribution >= 0.6 is 0 Å². The summed E-state index contributed by atoms with van der Waals surface area (Å²) in [7, 11) is 0. The molecule has 36 heavy (non-hydrogen) atoms. The van der Waals surface area contributed by atoms with Crippen LogP contribution in [0.25, 0.3) is 11.0 Å². The van der Waals surface area contributed by atoms with Crippen LogP contribution < -0.4 is 10.2 Å². The van der Waals surface area contributed by atoms with E-state index < -0.39 is 47.4 Å². The highest BCUT2D eigenvalue weighted by Crippen LogP contribution is 2.50. The number of amides is 2. The lowest BCUT2D eigenvalue weighted by molar-refractivity contribution is -0.158. The van der Waals surface area contributed by atoms with E-state index in [2.05, 4.69) is 15.5 Å². The van der Waals surface area contributed by atoms with Gasteiger partial charge in [0, 0.05) is 24.3 Å². The molecule has 4 atom stereocenters. The largest absolute Gasteiger partial charge is 0.372 e. The second-order valence-corrected chi connectivity index (χ2v) is 9.94. The molecule has 0 radical (unpaired) electrons. The van der Waals surface area contributed by atoms with Crippen molar-refractivity contribution in [2.75, 3.05) is 11.4 Å². The third-order valence-electron chi connectivity index (χ3n) is 7.63. The van der Waals surface area contributed by atoms with Crippen molar-refractivity contribution in [3.8, 4) is 0 Å². The van der Waals surface area contributed by atoms with Crippen molar-refractivity contribution in [1.82, 2.24) is 15.5 Å². The Morgan fingerprint density at radius 3 is 2.83 bits per heavy atom. The fourth-order valence-electron chi connectivity index (χ4n) is 6.18. The number of anilines is 1. The normalized spacial score (nSPS) is 27.8. The van der Waals surface area contributed by atoms with Gasteiger partial charge in [0.05, 0.1) is 36.1 Å². The number of imide groups is 1. The van der Waals surface area contributed by atoms with Crippen LogP contribution in [0.4, 0.5) is 10.1 Å². The molecule has 1 N–H and O–H groups in total. The second kappa shape index (κ2) is 8.19. The number of piperidine rings is 1. The van der Waals surface area contributed by atoms with Crippen LogP contribution in [0.2, 0.25) is 0 Å². The molecule has 3 aromatic rings. The Hall–Kier alpha value is -3.66. The quantitative estimate of drug-likeness (QED) is 0.438. The van der Waals surface area contributed by atoms with E-state index in [0.29, 0.717) is 35.2 Å². The number of nitrogens with zero attached hydrogens (tertiary/aromatic N) is 3. The van der Waals surface area contributed by atoms with Gasteiger partial charge in [0.15, 0.2) is 11.6 Å². The van der Waals surface area contributed by atoms with Crippen LogP contribution in [-0.4, -0.2) is 52.5 Å². The minimum Gasteiger partial charge on any atom is -0.372 e. The molecule has 6 rings (SSSR count). The second-order valence-electron chi connectivity index (χ2n) is 9.94. The number of morpholine rings is 1. The SMILES string of the molecule is C[C@@H]1CN2c3c(cc4c(CCc5cccnc5)noc4c3F)CC3(C(=O)CC(=O)NC3=O)[C@H]2[C@H](C)O1. The third kappa shape index (κ3) is 3.27. The van der Waals surface area contributed by atoms with Crippen molar-refractivity contribution < 1.29 is 28.0 Å². The summed E-state index contributed by atoms with van der Waals surface area (Å²) in [5.41, 5.74) is 0.900. The van der Waals surface area contributed by atoms with Crippen LogP contribution in [0.3, 0.4) is 0 Å². The molecule has 186 valence electrons. The number of ketones is 1. The van der Waals surface area contributed by atoms with Gasteiger partial charge in [-0.05, 0) is 56.4 Å². The van der Waals surface area contributed by atoms with Crippen molar-refractivity contribution in [2.45, 2.75) is 57.8 Å². The summed E-state index contributed by atoms with van der Waals surface area (Å²) < 4.78 is 27.6. The molecule has 3 aliphatic rings. The van der Waals surface area contributed by atoms with Crippen molar-refractivity contribution >= 4 is 34.3 Å². The summed E-state index contributed by atoms with van der Waals surface area (Å²) in [5.74, 6) is -2.31. The lowest BCUT2D eigenvalue weighted by Gasteiger charge is -2.55. The summed E-state index contributed by atoms with van der Waals surface area (Å²) in [4.78, 5) is 44.6. The van der Waals surface area contributed by atoms with Gasteiger partial charge >= 0.3 is 0 Å². The first kappa shape index (κ1) is 22.8. The number of halogens is 1. The molecule has 1 spiro atoms. The van der Waals surface area contributed by atoms with Crippen LogP contribution in [0.5, 0.6) is 0 Å². The van der Waals surface area contributed by atoms with Crippen molar-refractivity contribution in [2.24, 2.45) is 5.41 Å². The highest BCUT2D eigenvalue weighted by Gasteiger charge is 2.62. The molecule has 0 bridgehead atoms. The summed E-state index contributed by atoms with van der Waals surface area (Å²) in [5, 5.41) is 7.01. The van der Waals surface area contributed by atoms with Crippen LogP contribution in [0, 0.1) is 11.2 Å². The summed E-state index contributed by atoms with van der Waals surface area (Å²) in [6.45, 7) is 3.92. The standard InChI is InChI=1S/C26H25FN4O5/c1-13-12-31-22-16(10-26(24(31)14(2)35-13)19(32)9-20(33)29-25(26)34)8-17-18(30-36-23(17)21(22)27)6-5-15-4-3-7-28-11-15/h3-4,7-8,11,13-14,24H,5-6,9-10,12H2,1-2H3,(H,29,33,34)/t13-,14+,24-,26?/m1/s1. The molecular formula is C26H25FN4O5. The zero-order chi connectivity index (χ0) is 25.2. The first-order chi connectivity index (χ1) is 17.3. The van der Waals surface area contributed by atoms with E-state index in [9.17, 15) is 14.4 Å². The molecule has 9 nitrogen and oxygen atoms in total. The fourth-order valence-corrected chi connectivity index (χ4v) is 6.18. The number of nitrogens with one attached hydrogen (secondary N) is 1. The molecule has 2 aromatic heterocycles. The number of aromatic nitrogens is 2. The molecule has 1 aromatic carbocycles. The number of fused-ring (bicyclic) bond motifs is 5. The number of rotatable bonds is 3. The van der Waals surface area contributed by atoms with Crippen LogP contribution in [0.15, 0.2) is 35.1 Å². The number of ether oxygens (including phenoxy) is 1. The predicted octanol–water partition coefficient (Wildman–Crippen LogP) is 2.29. The van der Waals surface area contributed by atoms with Gasteiger partial charge in [0.1, 0.15) is 5.41 Å². The third-order valence-corrected chi connectivity index (χ3v) is 7.63. The summed E-state index contributed by atoms with van der Waals surface area (Å²) in [6.07, 6.45) is 3.36. The number of Topliss-reactive ketones (excluding diaryl/α,β-unsaturated/α-hetero) is 1. The molecule has 0 aliphatic carbocycles. The minimum absolute atomic E-state index is 0.0381. The lowest BCUT2D eigenvalue weighted by Crippen LogP contribution is -2.72. The Morgan fingerprint density at radius 1 is 1.25 bits per heavy atom. The zero-order valence-electron chi connectivity index (χ0n) is 19.9. The van der Waals surface area contributed by atoms with Gasteiger partial charge in [-0.25, -0.2) is 4.39 Å². The van der Waals surface area contributed by atoms with E-state index in [1.165, 1.54) is 0 Å². The average molecular weight is 493 g/mol. The van der Waals surface area contributed by atoms with Gasteiger partial charge in [0.2, 0.25) is 17.4 Å².